The molecular formula is C23H19N5O3S. The first-order valence-corrected chi connectivity index (χ1v) is 10.7. The van der Waals surface area contributed by atoms with Crippen molar-refractivity contribution in [2.24, 2.45) is 11.1 Å². The average molecular weight is 446 g/mol. The molecule has 0 radical (unpaired) electrons. The molecule has 1 aliphatic carbocycles. The number of anilines is 1. The number of para-hydroxylation sites is 1. The number of nitrogens with zero attached hydrogens (tertiary/aromatic N) is 4. The number of Topliss-reactive ketones (excluding diaryl/α,β-unsaturated/α-hetero) is 1. The number of carbonyl (C=O) groups excluding carboxylic acids is 1. The first-order valence-electron chi connectivity index (χ1n) is 9.88. The molecule has 1 aromatic heterocycles. The van der Waals surface area contributed by atoms with E-state index in [1.807, 2.05) is 13.8 Å². The number of carbonyl (C=O) groups is 1. The predicted octanol–water partition coefficient (Wildman–Crippen LogP) is 4.47. The van der Waals surface area contributed by atoms with E-state index >= 15 is 0 Å². The van der Waals surface area contributed by atoms with Gasteiger partial charge in [-0.25, -0.2) is 0 Å². The molecule has 0 amide bonds. The highest BCUT2D eigenvalue weighted by Crippen LogP contribution is 2.51. The molecule has 1 aliphatic heterocycles. The van der Waals surface area contributed by atoms with Gasteiger partial charge in [0.15, 0.2) is 5.78 Å². The van der Waals surface area contributed by atoms with E-state index < -0.39 is 10.8 Å². The van der Waals surface area contributed by atoms with E-state index in [9.17, 15) is 25.4 Å². The third kappa shape index (κ3) is 3.33. The van der Waals surface area contributed by atoms with Crippen molar-refractivity contribution in [1.29, 1.82) is 10.5 Å². The quantitative estimate of drug-likeness (QED) is 0.543. The predicted molar refractivity (Wildman–Crippen MR) is 119 cm³/mol. The molecule has 32 heavy (non-hydrogen) atoms. The van der Waals surface area contributed by atoms with Crippen molar-refractivity contribution in [1.82, 2.24) is 0 Å². The van der Waals surface area contributed by atoms with Crippen LogP contribution in [0.2, 0.25) is 0 Å². The summed E-state index contributed by atoms with van der Waals surface area (Å²) in [5.74, 6) is -0.778. The summed E-state index contributed by atoms with van der Waals surface area (Å²) in [6.45, 7) is 3.96. The molecule has 0 fully saturated rings. The third-order valence-corrected chi connectivity index (χ3v) is 6.83. The van der Waals surface area contributed by atoms with Gasteiger partial charge >= 0.3 is 5.00 Å². The number of nitrogens with two attached hydrogens (primary N) is 1. The highest BCUT2D eigenvalue weighted by Gasteiger charge is 2.45. The zero-order chi connectivity index (χ0) is 23.2. The Kier molecular flexibility index (Phi) is 5.08. The van der Waals surface area contributed by atoms with Crippen LogP contribution in [0.3, 0.4) is 0 Å². The van der Waals surface area contributed by atoms with Crippen LogP contribution in [0.5, 0.6) is 0 Å². The molecule has 2 N–H and O–H groups in total. The number of ketones is 1. The summed E-state index contributed by atoms with van der Waals surface area (Å²) in [6.07, 6.45) is 0.777. The Labute approximate surface area is 188 Å². The van der Waals surface area contributed by atoms with E-state index in [4.69, 9.17) is 5.73 Å². The van der Waals surface area contributed by atoms with E-state index in [1.165, 1.54) is 6.07 Å². The highest BCUT2D eigenvalue weighted by atomic mass is 32.1. The van der Waals surface area contributed by atoms with E-state index in [1.54, 1.807) is 35.2 Å². The maximum Gasteiger partial charge on any atom is 0.324 e. The van der Waals surface area contributed by atoms with Crippen molar-refractivity contribution in [2.75, 3.05) is 4.90 Å². The lowest BCUT2D eigenvalue weighted by molar-refractivity contribution is -0.380. The number of benzene rings is 1. The van der Waals surface area contributed by atoms with Crippen LogP contribution in [0, 0.1) is 38.2 Å². The summed E-state index contributed by atoms with van der Waals surface area (Å²) in [5, 5.41) is 30.9. The van der Waals surface area contributed by atoms with E-state index in [0.717, 1.165) is 11.3 Å². The molecule has 8 nitrogen and oxygen atoms in total. The van der Waals surface area contributed by atoms with Gasteiger partial charge in [-0.2, -0.15) is 10.5 Å². The normalized spacial score (nSPS) is 19.9. The lowest BCUT2D eigenvalue weighted by Crippen LogP contribution is -2.42. The molecule has 1 atom stereocenters. The van der Waals surface area contributed by atoms with Crippen LogP contribution in [0.1, 0.15) is 43.0 Å². The molecule has 1 unspecified atom stereocenters. The van der Waals surface area contributed by atoms with Gasteiger partial charge in [0.2, 0.25) is 0 Å². The Balaban J connectivity index is 2.02. The Morgan fingerprint density at radius 2 is 1.91 bits per heavy atom. The van der Waals surface area contributed by atoms with Crippen LogP contribution in [-0.4, -0.2) is 10.7 Å². The van der Waals surface area contributed by atoms with Gasteiger partial charge in [0.1, 0.15) is 11.9 Å². The van der Waals surface area contributed by atoms with Crippen molar-refractivity contribution < 1.29 is 9.72 Å². The lowest BCUT2D eigenvalue weighted by atomic mass is 9.69. The Morgan fingerprint density at radius 3 is 2.53 bits per heavy atom. The van der Waals surface area contributed by atoms with E-state index in [-0.39, 0.29) is 34.0 Å². The fraction of sp³-hybridized carbons (Fsp3) is 0.261. The minimum Gasteiger partial charge on any atom is -0.384 e. The van der Waals surface area contributed by atoms with Crippen LogP contribution in [-0.2, 0) is 4.79 Å². The number of thiophene rings is 1. The monoisotopic (exact) mass is 445 g/mol. The second-order valence-corrected chi connectivity index (χ2v) is 9.64. The molecule has 0 spiro atoms. The number of nitro groups is 1. The Hall–Kier alpha value is -3.95. The van der Waals surface area contributed by atoms with Gasteiger partial charge in [-0.1, -0.05) is 37.3 Å². The summed E-state index contributed by atoms with van der Waals surface area (Å²) in [7, 11) is 0. The number of allylic oxidation sites excluding steroid dienone is 3. The van der Waals surface area contributed by atoms with Crippen molar-refractivity contribution in [3.63, 3.8) is 0 Å². The van der Waals surface area contributed by atoms with E-state index in [0.29, 0.717) is 33.8 Å². The molecule has 2 aromatic rings. The minimum atomic E-state index is -0.775. The molecule has 0 bridgehead atoms. The second-order valence-electron chi connectivity index (χ2n) is 8.54. The molecule has 0 saturated carbocycles. The first kappa shape index (κ1) is 21.3. The number of hydrogen-bond donors (Lipinski definition) is 1. The summed E-state index contributed by atoms with van der Waals surface area (Å²) in [6, 6.07) is 14.1. The van der Waals surface area contributed by atoms with E-state index in [2.05, 4.69) is 12.1 Å². The van der Waals surface area contributed by atoms with Crippen LogP contribution in [0.15, 0.2) is 59.1 Å². The van der Waals surface area contributed by atoms with Gasteiger partial charge in [0.05, 0.1) is 33.7 Å². The maximum absolute atomic E-state index is 13.4. The number of nitriles is 2. The van der Waals surface area contributed by atoms with Crippen LogP contribution in [0.4, 0.5) is 10.7 Å². The van der Waals surface area contributed by atoms with Crippen molar-refractivity contribution >= 4 is 27.8 Å². The Morgan fingerprint density at radius 1 is 1.19 bits per heavy atom. The molecule has 2 heterocycles. The zero-order valence-corrected chi connectivity index (χ0v) is 18.3. The van der Waals surface area contributed by atoms with Crippen molar-refractivity contribution in [3.05, 3.63) is 79.6 Å². The Bertz CT molecular complexity index is 1310. The van der Waals surface area contributed by atoms with Crippen molar-refractivity contribution in [2.45, 2.75) is 32.6 Å². The summed E-state index contributed by atoms with van der Waals surface area (Å²) in [4.78, 5) is 26.3. The standard InChI is InChI=1S/C23H19N5O3S/c1-23(2)9-16-21(17(29)10-23)20(18-7-8-19(32-18)28(30)31)14(12-25)22(26)27(16)15-6-4-3-5-13(15)11-24/h3-8,20H,9-10,26H2,1-2H3. The molecule has 1 aromatic carbocycles. The second kappa shape index (κ2) is 7.63. The zero-order valence-electron chi connectivity index (χ0n) is 17.5. The summed E-state index contributed by atoms with van der Waals surface area (Å²) in [5.41, 5.74) is 8.21. The third-order valence-electron chi connectivity index (χ3n) is 5.72. The average Bonchev–Trinajstić information content (AvgIpc) is 3.22. The number of hydrogen-bond acceptors (Lipinski definition) is 8. The molecule has 9 heteroatoms. The molecular weight excluding hydrogens is 426 g/mol. The van der Waals surface area contributed by atoms with Crippen LogP contribution < -0.4 is 10.6 Å². The van der Waals surface area contributed by atoms with Gasteiger partial charge in [-0.3, -0.25) is 19.8 Å². The van der Waals surface area contributed by atoms with Crippen LogP contribution in [0.25, 0.3) is 0 Å². The smallest absolute Gasteiger partial charge is 0.324 e. The topological polar surface area (TPSA) is 137 Å². The summed E-state index contributed by atoms with van der Waals surface area (Å²) >= 11 is 0.934. The molecule has 4 rings (SSSR count). The summed E-state index contributed by atoms with van der Waals surface area (Å²) < 4.78 is 0. The highest BCUT2D eigenvalue weighted by molar-refractivity contribution is 7.15. The SMILES string of the molecule is CC1(C)CC(=O)C2=C(C1)N(c1ccccc1C#N)C(N)=C(C#N)C2c1ccc([N+](=O)[O-])s1. The van der Waals surface area contributed by atoms with Gasteiger partial charge in [-0.05, 0) is 30.0 Å². The van der Waals surface area contributed by atoms with Crippen LogP contribution >= 0.6 is 11.3 Å². The fourth-order valence-corrected chi connectivity index (χ4v) is 5.37. The fourth-order valence-electron chi connectivity index (χ4n) is 4.43. The molecule has 160 valence electrons. The molecule has 2 aliphatic rings. The first-order chi connectivity index (χ1) is 15.2. The molecule has 0 saturated heterocycles. The van der Waals surface area contributed by atoms with Gasteiger partial charge in [-0.15, -0.1) is 0 Å². The number of rotatable bonds is 3. The largest absolute Gasteiger partial charge is 0.384 e. The lowest BCUT2D eigenvalue weighted by Gasteiger charge is -2.43. The van der Waals surface area contributed by atoms with Gasteiger partial charge < -0.3 is 5.73 Å². The van der Waals surface area contributed by atoms with Gasteiger partial charge in [0, 0.05) is 28.6 Å². The van der Waals surface area contributed by atoms with Crippen molar-refractivity contribution in [3.8, 4) is 12.1 Å². The minimum absolute atomic E-state index is 0.0705. The van der Waals surface area contributed by atoms with Gasteiger partial charge in [0.25, 0.3) is 0 Å². The maximum atomic E-state index is 13.4.